The molecule has 0 saturated carbocycles. The fourth-order valence-electron chi connectivity index (χ4n) is 3.27. The number of carbonyl (C=O) groups is 2. The highest BCUT2D eigenvalue weighted by Gasteiger charge is 2.10. The number of unbranched alkanes of at least 4 members (excludes halogenated alkanes) is 8. The number of carbonyl (C=O) groups excluding carboxylic acids is 2. The Morgan fingerprint density at radius 2 is 1.11 bits per heavy atom. The van der Waals surface area contributed by atoms with Crippen molar-refractivity contribution in [2.75, 3.05) is 13.2 Å². The smallest absolute Gasteiger partial charge is 0.305 e. The van der Waals surface area contributed by atoms with E-state index in [1.807, 2.05) is 0 Å². The van der Waals surface area contributed by atoms with Gasteiger partial charge in [0.25, 0.3) is 0 Å². The first-order chi connectivity index (χ1) is 13.6. The van der Waals surface area contributed by atoms with Crippen LogP contribution in [0.3, 0.4) is 0 Å². The van der Waals surface area contributed by atoms with E-state index in [2.05, 4.69) is 20.8 Å². The molecule has 1 unspecified atom stereocenters. The predicted molar refractivity (Wildman–Crippen MR) is 116 cm³/mol. The van der Waals surface area contributed by atoms with Gasteiger partial charge in [0.2, 0.25) is 0 Å². The van der Waals surface area contributed by atoms with Gasteiger partial charge in [0, 0.05) is 12.8 Å². The molecule has 0 aliphatic rings. The highest BCUT2D eigenvalue weighted by atomic mass is 16.5. The van der Waals surface area contributed by atoms with Gasteiger partial charge in [-0.2, -0.15) is 0 Å². The maximum Gasteiger partial charge on any atom is 0.305 e. The van der Waals surface area contributed by atoms with Crippen LogP contribution >= 0.6 is 0 Å². The Morgan fingerprint density at radius 1 is 0.607 bits per heavy atom. The van der Waals surface area contributed by atoms with E-state index in [0.717, 1.165) is 51.4 Å². The summed E-state index contributed by atoms with van der Waals surface area (Å²) in [6, 6.07) is 0. The molecule has 0 bridgehead atoms. The van der Waals surface area contributed by atoms with Gasteiger partial charge in [0.15, 0.2) is 0 Å². The van der Waals surface area contributed by atoms with Crippen LogP contribution in [0.5, 0.6) is 0 Å². The highest BCUT2D eigenvalue weighted by molar-refractivity contribution is 5.69. The van der Waals surface area contributed by atoms with Crippen molar-refractivity contribution in [1.82, 2.24) is 0 Å². The lowest BCUT2D eigenvalue weighted by Gasteiger charge is -2.14. The monoisotopic (exact) mass is 398 g/mol. The minimum atomic E-state index is -0.0340. The summed E-state index contributed by atoms with van der Waals surface area (Å²) in [6.07, 6.45) is 16.9. The van der Waals surface area contributed by atoms with Crippen LogP contribution in [0.25, 0.3) is 0 Å². The lowest BCUT2D eigenvalue weighted by atomic mass is 9.93. The summed E-state index contributed by atoms with van der Waals surface area (Å²) in [5.41, 5.74) is 0. The summed E-state index contributed by atoms with van der Waals surface area (Å²) in [5.74, 6) is 0.590. The lowest BCUT2D eigenvalue weighted by Crippen LogP contribution is -2.09. The minimum Gasteiger partial charge on any atom is -0.466 e. The normalized spacial score (nSPS) is 12.0. The van der Waals surface area contributed by atoms with Crippen molar-refractivity contribution in [2.45, 2.75) is 124 Å². The largest absolute Gasteiger partial charge is 0.466 e. The van der Waals surface area contributed by atoms with E-state index in [1.54, 1.807) is 0 Å². The van der Waals surface area contributed by atoms with E-state index in [-0.39, 0.29) is 11.9 Å². The molecule has 0 saturated heterocycles. The lowest BCUT2D eigenvalue weighted by molar-refractivity contribution is -0.144. The van der Waals surface area contributed by atoms with Crippen LogP contribution in [0.4, 0.5) is 0 Å². The Morgan fingerprint density at radius 3 is 1.64 bits per heavy atom. The topological polar surface area (TPSA) is 52.6 Å². The van der Waals surface area contributed by atoms with Crippen molar-refractivity contribution in [1.29, 1.82) is 0 Å². The van der Waals surface area contributed by atoms with Gasteiger partial charge in [-0.15, -0.1) is 0 Å². The third kappa shape index (κ3) is 18.3. The fraction of sp³-hybridized carbons (Fsp3) is 0.917. The van der Waals surface area contributed by atoms with Gasteiger partial charge in [-0.3, -0.25) is 9.59 Å². The molecule has 166 valence electrons. The quantitative estimate of drug-likeness (QED) is 0.164. The predicted octanol–water partition coefficient (Wildman–Crippen LogP) is 6.99. The van der Waals surface area contributed by atoms with Gasteiger partial charge in [-0.05, 0) is 31.6 Å². The SMILES string of the molecule is CCCCOC(=O)CCCCCCCCCC(CC)CCC(=O)OCCCC. The molecule has 0 N–H and O–H groups in total. The zero-order chi connectivity index (χ0) is 20.9. The molecule has 0 aliphatic heterocycles. The molecular weight excluding hydrogens is 352 g/mol. The zero-order valence-electron chi connectivity index (χ0n) is 18.9. The number of ether oxygens (including phenoxy) is 2. The molecule has 0 heterocycles. The van der Waals surface area contributed by atoms with Crippen molar-refractivity contribution in [3.8, 4) is 0 Å². The van der Waals surface area contributed by atoms with Crippen molar-refractivity contribution < 1.29 is 19.1 Å². The summed E-state index contributed by atoms with van der Waals surface area (Å²) in [7, 11) is 0. The summed E-state index contributed by atoms with van der Waals surface area (Å²) >= 11 is 0. The first-order valence-corrected chi connectivity index (χ1v) is 11.9. The standard InChI is InChI=1S/C24H46O4/c1-4-7-20-27-23(25)17-15-13-11-9-10-12-14-16-22(6-3)18-19-24(26)28-21-8-5-2/h22H,4-21H2,1-3H3. The van der Waals surface area contributed by atoms with E-state index in [0.29, 0.717) is 32.0 Å². The molecule has 0 aromatic heterocycles. The second kappa shape index (κ2) is 20.7. The second-order valence-electron chi connectivity index (χ2n) is 7.97. The highest BCUT2D eigenvalue weighted by Crippen LogP contribution is 2.20. The zero-order valence-corrected chi connectivity index (χ0v) is 18.9. The Labute approximate surface area is 174 Å². The maximum absolute atomic E-state index is 11.7. The van der Waals surface area contributed by atoms with Crippen molar-refractivity contribution in [2.24, 2.45) is 5.92 Å². The molecule has 0 aromatic carbocycles. The van der Waals surface area contributed by atoms with E-state index >= 15 is 0 Å². The average Bonchev–Trinajstić information content (AvgIpc) is 2.69. The summed E-state index contributed by atoms with van der Waals surface area (Å²) in [4.78, 5) is 23.2. The molecular formula is C24H46O4. The molecule has 4 heteroatoms. The van der Waals surface area contributed by atoms with E-state index in [1.165, 1.54) is 38.5 Å². The fourth-order valence-corrected chi connectivity index (χ4v) is 3.27. The van der Waals surface area contributed by atoms with Crippen LogP contribution in [0.15, 0.2) is 0 Å². The molecule has 0 rings (SSSR count). The molecule has 0 aromatic rings. The summed E-state index contributed by atoms with van der Waals surface area (Å²) in [5, 5.41) is 0. The Balaban J connectivity index is 3.47. The molecule has 0 radical (unpaired) electrons. The Bertz CT molecular complexity index is 368. The van der Waals surface area contributed by atoms with Crippen LogP contribution in [-0.2, 0) is 19.1 Å². The molecule has 28 heavy (non-hydrogen) atoms. The molecule has 0 amide bonds. The van der Waals surface area contributed by atoms with Crippen LogP contribution in [-0.4, -0.2) is 25.2 Å². The molecule has 1 atom stereocenters. The van der Waals surface area contributed by atoms with E-state index in [9.17, 15) is 9.59 Å². The van der Waals surface area contributed by atoms with Gasteiger partial charge < -0.3 is 9.47 Å². The third-order valence-corrected chi connectivity index (χ3v) is 5.35. The van der Waals surface area contributed by atoms with Gasteiger partial charge in [0.1, 0.15) is 0 Å². The Hall–Kier alpha value is -1.06. The third-order valence-electron chi connectivity index (χ3n) is 5.35. The van der Waals surface area contributed by atoms with Crippen LogP contribution in [0.1, 0.15) is 124 Å². The van der Waals surface area contributed by atoms with Crippen LogP contribution < -0.4 is 0 Å². The molecule has 4 nitrogen and oxygen atoms in total. The molecule has 0 aliphatic carbocycles. The number of esters is 2. The van der Waals surface area contributed by atoms with Gasteiger partial charge in [0.05, 0.1) is 13.2 Å². The summed E-state index contributed by atoms with van der Waals surface area (Å²) < 4.78 is 10.4. The Kier molecular flexibility index (Phi) is 19.9. The maximum atomic E-state index is 11.7. The van der Waals surface area contributed by atoms with Gasteiger partial charge in [-0.25, -0.2) is 0 Å². The van der Waals surface area contributed by atoms with E-state index < -0.39 is 0 Å². The van der Waals surface area contributed by atoms with Gasteiger partial charge in [-0.1, -0.05) is 85.0 Å². The molecule has 0 spiro atoms. The summed E-state index contributed by atoms with van der Waals surface area (Å²) in [6.45, 7) is 7.58. The minimum absolute atomic E-state index is 0.0267. The molecule has 0 fully saturated rings. The van der Waals surface area contributed by atoms with Crippen molar-refractivity contribution in [3.05, 3.63) is 0 Å². The number of rotatable bonds is 20. The first-order valence-electron chi connectivity index (χ1n) is 11.9. The number of hydrogen-bond acceptors (Lipinski definition) is 4. The number of hydrogen-bond donors (Lipinski definition) is 0. The van der Waals surface area contributed by atoms with Crippen LogP contribution in [0, 0.1) is 5.92 Å². The first kappa shape index (κ1) is 26.9. The second-order valence-corrected chi connectivity index (χ2v) is 7.97. The van der Waals surface area contributed by atoms with Gasteiger partial charge >= 0.3 is 11.9 Å². The van der Waals surface area contributed by atoms with Crippen molar-refractivity contribution >= 4 is 11.9 Å². The van der Waals surface area contributed by atoms with E-state index in [4.69, 9.17) is 9.47 Å². The van der Waals surface area contributed by atoms with Crippen molar-refractivity contribution in [3.63, 3.8) is 0 Å². The van der Waals surface area contributed by atoms with Crippen LogP contribution in [0.2, 0.25) is 0 Å². The average molecular weight is 399 g/mol.